The molecule has 0 atom stereocenters. The first kappa shape index (κ1) is 24.1. The summed E-state index contributed by atoms with van der Waals surface area (Å²) in [5.74, 6) is -1.16. The fraction of sp³-hybridized carbons (Fsp3) is 0.308. The molecule has 1 aromatic heterocycles. The molecule has 2 N–H and O–H groups in total. The third-order valence-corrected chi connectivity index (χ3v) is 5.98. The number of rotatable bonds is 8. The van der Waals surface area contributed by atoms with E-state index in [-0.39, 0.29) is 42.8 Å². The molecule has 35 heavy (non-hydrogen) atoms. The summed E-state index contributed by atoms with van der Waals surface area (Å²) in [7, 11) is 0. The summed E-state index contributed by atoms with van der Waals surface area (Å²) in [5.41, 5.74) is 3.53. The standard InChI is InChI=1S/C26H28FN5O3/c1-18-5-2-3-6-20(18)17-31-13-4-14-32-23(26(31)35)15-22(30-32)25(34)28-12-11-24(33)29-16-19-7-9-21(27)10-8-19/h2-3,5-10,15H,4,11-14,16-17H2,1H3,(H,28,34)(H,29,33). The van der Waals surface area contributed by atoms with E-state index in [2.05, 4.69) is 15.7 Å². The van der Waals surface area contributed by atoms with E-state index in [0.29, 0.717) is 25.3 Å². The molecule has 0 saturated heterocycles. The molecule has 0 bridgehead atoms. The first-order chi connectivity index (χ1) is 16.9. The van der Waals surface area contributed by atoms with Crippen LogP contribution in [-0.2, 0) is 24.4 Å². The quantitative estimate of drug-likeness (QED) is 0.522. The van der Waals surface area contributed by atoms with Gasteiger partial charge in [-0.15, -0.1) is 0 Å². The lowest BCUT2D eigenvalue weighted by atomic mass is 10.1. The second-order valence-electron chi connectivity index (χ2n) is 8.55. The van der Waals surface area contributed by atoms with Gasteiger partial charge in [0.2, 0.25) is 5.91 Å². The van der Waals surface area contributed by atoms with E-state index in [4.69, 9.17) is 0 Å². The number of carbonyl (C=O) groups is 3. The van der Waals surface area contributed by atoms with Crippen molar-refractivity contribution in [1.29, 1.82) is 0 Å². The predicted molar refractivity (Wildman–Crippen MR) is 128 cm³/mol. The fourth-order valence-electron chi connectivity index (χ4n) is 3.96. The van der Waals surface area contributed by atoms with Gasteiger partial charge < -0.3 is 15.5 Å². The molecular weight excluding hydrogens is 449 g/mol. The van der Waals surface area contributed by atoms with E-state index in [1.54, 1.807) is 21.7 Å². The molecule has 2 heterocycles. The zero-order chi connectivity index (χ0) is 24.8. The van der Waals surface area contributed by atoms with Crippen molar-refractivity contribution < 1.29 is 18.8 Å². The fourth-order valence-corrected chi connectivity index (χ4v) is 3.96. The van der Waals surface area contributed by atoms with Gasteiger partial charge in [0.25, 0.3) is 11.8 Å². The van der Waals surface area contributed by atoms with E-state index in [9.17, 15) is 18.8 Å². The number of hydrogen-bond donors (Lipinski definition) is 2. The van der Waals surface area contributed by atoms with Crippen LogP contribution in [0.2, 0.25) is 0 Å². The van der Waals surface area contributed by atoms with Crippen LogP contribution in [0.25, 0.3) is 0 Å². The molecule has 8 nitrogen and oxygen atoms in total. The Morgan fingerprint density at radius 3 is 2.60 bits per heavy atom. The van der Waals surface area contributed by atoms with Gasteiger partial charge in [0.15, 0.2) is 5.69 Å². The zero-order valence-corrected chi connectivity index (χ0v) is 19.6. The van der Waals surface area contributed by atoms with Gasteiger partial charge in [-0.2, -0.15) is 5.10 Å². The third-order valence-electron chi connectivity index (χ3n) is 5.98. The number of aromatic nitrogens is 2. The molecule has 2 aromatic carbocycles. The number of carbonyl (C=O) groups excluding carboxylic acids is 3. The Morgan fingerprint density at radius 2 is 1.83 bits per heavy atom. The molecule has 4 rings (SSSR count). The van der Waals surface area contributed by atoms with Crippen LogP contribution in [0.5, 0.6) is 0 Å². The van der Waals surface area contributed by atoms with Crippen LogP contribution < -0.4 is 10.6 Å². The Morgan fingerprint density at radius 1 is 1.06 bits per heavy atom. The van der Waals surface area contributed by atoms with Gasteiger partial charge in [0.05, 0.1) is 0 Å². The van der Waals surface area contributed by atoms with Crippen LogP contribution in [0.15, 0.2) is 54.6 Å². The molecule has 3 amide bonds. The van der Waals surface area contributed by atoms with Crippen LogP contribution in [-0.4, -0.2) is 45.5 Å². The minimum atomic E-state index is -0.435. The number of nitrogens with zero attached hydrogens (tertiary/aromatic N) is 3. The smallest absolute Gasteiger partial charge is 0.272 e. The summed E-state index contributed by atoms with van der Waals surface area (Å²) in [6.45, 7) is 4.10. The first-order valence-electron chi connectivity index (χ1n) is 11.6. The average molecular weight is 478 g/mol. The van der Waals surface area contributed by atoms with Crippen molar-refractivity contribution >= 4 is 17.7 Å². The molecule has 0 radical (unpaired) electrons. The Labute approximate surface area is 203 Å². The van der Waals surface area contributed by atoms with Crippen LogP contribution in [0.3, 0.4) is 0 Å². The third kappa shape index (κ3) is 6.11. The van der Waals surface area contributed by atoms with Crippen molar-refractivity contribution in [1.82, 2.24) is 25.3 Å². The summed E-state index contributed by atoms with van der Waals surface area (Å²) in [4.78, 5) is 39.6. The van der Waals surface area contributed by atoms with Crippen molar-refractivity contribution in [2.45, 2.75) is 39.4 Å². The van der Waals surface area contributed by atoms with Crippen molar-refractivity contribution in [2.24, 2.45) is 0 Å². The summed E-state index contributed by atoms with van der Waals surface area (Å²) in [5, 5.41) is 9.74. The van der Waals surface area contributed by atoms with Crippen LogP contribution in [0, 0.1) is 12.7 Å². The van der Waals surface area contributed by atoms with Crippen molar-refractivity contribution in [3.8, 4) is 0 Å². The van der Waals surface area contributed by atoms with E-state index < -0.39 is 5.91 Å². The highest BCUT2D eigenvalue weighted by molar-refractivity contribution is 5.98. The highest BCUT2D eigenvalue weighted by atomic mass is 19.1. The van der Waals surface area contributed by atoms with E-state index >= 15 is 0 Å². The maximum Gasteiger partial charge on any atom is 0.272 e. The SMILES string of the molecule is Cc1ccccc1CN1CCCn2nc(C(=O)NCCC(=O)NCc3ccc(F)cc3)cc2C1=O. The van der Waals surface area contributed by atoms with Gasteiger partial charge in [-0.25, -0.2) is 4.39 Å². The summed E-state index contributed by atoms with van der Waals surface area (Å²) >= 11 is 0. The molecule has 0 aliphatic carbocycles. The van der Waals surface area contributed by atoms with E-state index in [0.717, 1.165) is 23.1 Å². The van der Waals surface area contributed by atoms with Crippen molar-refractivity contribution in [2.75, 3.05) is 13.1 Å². The van der Waals surface area contributed by atoms with E-state index in [1.165, 1.54) is 18.2 Å². The average Bonchev–Trinajstić information content (AvgIpc) is 3.22. The number of hydrogen-bond acceptors (Lipinski definition) is 4. The zero-order valence-electron chi connectivity index (χ0n) is 19.6. The number of halogens is 1. The molecular formula is C26H28FN5O3. The lowest BCUT2D eigenvalue weighted by Gasteiger charge is -2.21. The van der Waals surface area contributed by atoms with Crippen LogP contribution >= 0.6 is 0 Å². The molecule has 0 saturated carbocycles. The number of fused-ring (bicyclic) bond motifs is 1. The maximum atomic E-state index is 13.2. The largest absolute Gasteiger partial charge is 0.352 e. The lowest BCUT2D eigenvalue weighted by molar-refractivity contribution is -0.121. The van der Waals surface area contributed by atoms with Crippen molar-refractivity contribution in [3.63, 3.8) is 0 Å². The first-order valence-corrected chi connectivity index (χ1v) is 11.6. The number of amides is 3. The number of nitrogens with one attached hydrogen (secondary N) is 2. The molecule has 1 aliphatic heterocycles. The monoisotopic (exact) mass is 477 g/mol. The number of aryl methyl sites for hydroxylation is 2. The highest BCUT2D eigenvalue weighted by Gasteiger charge is 2.26. The normalized spacial score (nSPS) is 13.2. The summed E-state index contributed by atoms with van der Waals surface area (Å²) in [6, 6.07) is 15.3. The second kappa shape index (κ2) is 10.9. The highest BCUT2D eigenvalue weighted by Crippen LogP contribution is 2.18. The number of benzene rings is 2. The van der Waals surface area contributed by atoms with E-state index in [1.807, 2.05) is 31.2 Å². The molecule has 0 spiro atoms. The maximum absolute atomic E-state index is 13.2. The van der Waals surface area contributed by atoms with Gasteiger partial charge in [-0.3, -0.25) is 19.1 Å². The molecule has 182 valence electrons. The van der Waals surface area contributed by atoms with Crippen LogP contribution in [0.4, 0.5) is 4.39 Å². The summed E-state index contributed by atoms with van der Waals surface area (Å²) < 4.78 is 14.5. The van der Waals surface area contributed by atoms with Gasteiger partial charge >= 0.3 is 0 Å². The predicted octanol–water partition coefficient (Wildman–Crippen LogP) is 2.81. The lowest BCUT2D eigenvalue weighted by Crippen LogP contribution is -2.31. The Bertz CT molecular complexity index is 1220. The molecule has 0 unspecified atom stereocenters. The van der Waals surface area contributed by atoms with Crippen LogP contribution in [0.1, 0.15) is 50.5 Å². The summed E-state index contributed by atoms with van der Waals surface area (Å²) in [6.07, 6.45) is 0.825. The molecule has 0 fully saturated rings. The Hall–Kier alpha value is -4.01. The molecule has 9 heteroatoms. The Balaban J connectivity index is 1.30. The minimum absolute atomic E-state index is 0.0869. The minimum Gasteiger partial charge on any atom is -0.352 e. The molecule has 3 aromatic rings. The van der Waals surface area contributed by atoms with Gasteiger partial charge in [-0.05, 0) is 42.2 Å². The van der Waals surface area contributed by atoms with Gasteiger partial charge in [-0.1, -0.05) is 36.4 Å². The van der Waals surface area contributed by atoms with Gasteiger partial charge in [0.1, 0.15) is 11.5 Å². The van der Waals surface area contributed by atoms with Crippen molar-refractivity contribution in [3.05, 3.63) is 88.5 Å². The topological polar surface area (TPSA) is 96.3 Å². The van der Waals surface area contributed by atoms with Gasteiger partial charge in [0, 0.05) is 45.2 Å². The molecule has 1 aliphatic rings. The Kier molecular flexibility index (Phi) is 7.54. The second-order valence-corrected chi connectivity index (χ2v) is 8.55.